The van der Waals surface area contributed by atoms with Crippen LogP contribution in [0.4, 0.5) is 28.7 Å². The lowest BCUT2D eigenvalue weighted by Crippen LogP contribution is -2.17. The van der Waals surface area contributed by atoms with Crippen LogP contribution < -0.4 is 21.7 Å². The maximum atomic E-state index is 11.1. The van der Waals surface area contributed by atoms with Gasteiger partial charge in [0.2, 0.25) is 0 Å². The molecule has 0 aliphatic heterocycles. The first kappa shape index (κ1) is 18.0. The van der Waals surface area contributed by atoms with Crippen LogP contribution in [0.3, 0.4) is 0 Å². The molecule has 0 saturated carbocycles. The number of benzene rings is 3. The Bertz CT molecular complexity index is 1140. The van der Waals surface area contributed by atoms with Crippen molar-refractivity contribution < 1.29 is 4.92 Å². The zero-order valence-corrected chi connectivity index (χ0v) is 15.2. The average molecular weight is 387 g/mol. The fourth-order valence-corrected chi connectivity index (χ4v) is 2.64. The van der Waals surface area contributed by atoms with Crippen LogP contribution >= 0.6 is 0 Å². The summed E-state index contributed by atoms with van der Waals surface area (Å²) in [5.41, 5.74) is 14.7. The van der Waals surface area contributed by atoms with Crippen molar-refractivity contribution in [3.63, 3.8) is 0 Å². The monoisotopic (exact) mass is 387 g/mol. The van der Waals surface area contributed by atoms with Gasteiger partial charge in [-0.3, -0.25) is 31.8 Å². The highest BCUT2D eigenvalue weighted by molar-refractivity contribution is 5.82. The minimum atomic E-state index is -0.459. The van der Waals surface area contributed by atoms with Crippen LogP contribution in [0.2, 0.25) is 0 Å². The second-order valence-corrected chi connectivity index (χ2v) is 6.08. The number of non-ortho nitro benzene ring substituents is 1. The number of hydrogen-bond acceptors (Lipinski definition) is 8. The fraction of sp³-hybridized carbons (Fsp3) is 0. The van der Waals surface area contributed by atoms with Crippen LogP contribution in [0.1, 0.15) is 0 Å². The molecule has 0 spiro atoms. The molecule has 0 radical (unpaired) electrons. The summed E-state index contributed by atoms with van der Waals surface area (Å²) in [6.07, 6.45) is 0. The van der Waals surface area contributed by atoms with E-state index in [0.717, 1.165) is 11.4 Å². The highest BCUT2D eigenvalue weighted by Crippen LogP contribution is 2.25. The van der Waals surface area contributed by atoms with Gasteiger partial charge in [-0.2, -0.15) is 0 Å². The standard InChI is InChI=1S/C20H17N7O2/c28-27(29)16-11-12-17-18(13-16)22-20(26-24-15-9-5-2-6-10-15)19(21-17)25-23-14-7-3-1-4-8-14/h1-13,23-24H,(H,21,25)(H,22,26). The number of nitro benzene ring substituents is 1. The Morgan fingerprint density at radius 3 is 1.69 bits per heavy atom. The summed E-state index contributed by atoms with van der Waals surface area (Å²) < 4.78 is 0. The van der Waals surface area contributed by atoms with E-state index in [-0.39, 0.29) is 5.69 Å². The van der Waals surface area contributed by atoms with Crippen molar-refractivity contribution in [1.82, 2.24) is 9.97 Å². The highest BCUT2D eigenvalue weighted by Gasteiger charge is 2.13. The van der Waals surface area contributed by atoms with Crippen molar-refractivity contribution in [2.24, 2.45) is 0 Å². The molecular weight excluding hydrogens is 370 g/mol. The van der Waals surface area contributed by atoms with Gasteiger partial charge in [0.15, 0.2) is 11.6 Å². The molecular formula is C20H17N7O2. The van der Waals surface area contributed by atoms with Crippen LogP contribution in [-0.2, 0) is 0 Å². The van der Waals surface area contributed by atoms with Gasteiger partial charge in [-0.1, -0.05) is 36.4 Å². The van der Waals surface area contributed by atoms with E-state index in [2.05, 4.69) is 31.7 Å². The summed E-state index contributed by atoms with van der Waals surface area (Å²) in [6, 6.07) is 23.4. The second kappa shape index (κ2) is 8.09. The lowest BCUT2D eigenvalue weighted by Gasteiger charge is -2.15. The first-order chi connectivity index (χ1) is 14.2. The van der Waals surface area contributed by atoms with Gasteiger partial charge in [0.1, 0.15) is 0 Å². The molecule has 0 amide bonds. The third-order valence-corrected chi connectivity index (χ3v) is 4.06. The van der Waals surface area contributed by atoms with Gasteiger partial charge in [0, 0.05) is 12.1 Å². The van der Waals surface area contributed by atoms with Gasteiger partial charge < -0.3 is 0 Å². The van der Waals surface area contributed by atoms with E-state index in [1.54, 1.807) is 6.07 Å². The Morgan fingerprint density at radius 2 is 1.17 bits per heavy atom. The molecule has 4 rings (SSSR count). The second-order valence-electron chi connectivity index (χ2n) is 6.08. The van der Waals surface area contributed by atoms with Crippen LogP contribution in [0.25, 0.3) is 11.0 Å². The maximum absolute atomic E-state index is 11.1. The molecule has 0 saturated heterocycles. The first-order valence-corrected chi connectivity index (χ1v) is 8.79. The van der Waals surface area contributed by atoms with Gasteiger partial charge in [-0.25, -0.2) is 9.97 Å². The van der Waals surface area contributed by atoms with Crippen molar-refractivity contribution in [2.75, 3.05) is 21.7 Å². The van der Waals surface area contributed by atoms with Crippen LogP contribution in [0.5, 0.6) is 0 Å². The number of aromatic nitrogens is 2. The largest absolute Gasteiger partial charge is 0.300 e. The number of nitrogens with zero attached hydrogens (tertiary/aromatic N) is 3. The van der Waals surface area contributed by atoms with Crippen molar-refractivity contribution in [3.05, 3.63) is 89.0 Å². The van der Waals surface area contributed by atoms with E-state index >= 15 is 0 Å². The third kappa shape index (κ3) is 4.30. The van der Waals surface area contributed by atoms with Crippen LogP contribution in [0.15, 0.2) is 78.9 Å². The Balaban J connectivity index is 1.66. The SMILES string of the molecule is O=[N+]([O-])c1ccc2nc(NNc3ccccc3)c(NNc3ccccc3)nc2c1. The highest BCUT2D eigenvalue weighted by atomic mass is 16.6. The van der Waals surface area contributed by atoms with E-state index < -0.39 is 4.92 Å². The van der Waals surface area contributed by atoms with Crippen molar-refractivity contribution >= 4 is 39.7 Å². The minimum Gasteiger partial charge on any atom is -0.300 e. The zero-order chi connectivity index (χ0) is 20.1. The quantitative estimate of drug-likeness (QED) is 0.272. The van der Waals surface area contributed by atoms with E-state index in [0.29, 0.717) is 22.7 Å². The van der Waals surface area contributed by atoms with Crippen LogP contribution in [0, 0.1) is 10.1 Å². The molecule has 1 heterocycles. The van der Waals surface area contributed by atoms with E-state index in [1.165, 1.54) is 12.1 Å². The fourth-order valence-electron chi connectivity index (χ4n) is 2.64. The number of rotatable bonds is 7. The van der Waals surface area contributed by atoms with Gasteiger partial charge in [0.05, 0.1) is 27.3 Å². The van der Waals surface area contributed by atoms with Crippen molar-refractivity contribution in [3.8, 4) is 0 Å². The van der Waals surface area contributed by atoms with E-state index in [9.17, 15) is 10.1 Å². The first-order valence-electron chi connectivity index (χ1n) is 8.79. The molecule has 3 aromatic carbocycles. The molecule has 4 N–H and O–H groups in total. The number of nitrogens with one attached hydrogen (secondary N) is 4. The molecule has 0 aliphatic rings. The molecule has 0 unspecified atom stereocenters. The Kier molecular flexibility index (Phi) is 5.02. The summed E-state index contributed by atoms with van der Waals surface area (Å²) in [4.78, 5) is 19.7. The number of fused-ring (bicyclic) bond motifs is 1. The lowest BCUT2D eigenvalue weighted by atomic mass is 10.2. The average Bonchev–Trinajstić information content (AvgIpc) is 2.77. The summed E-state index contributed by atoms with van der Waals surface area (Å²) in [5.74, 6) is 0.809. The van der Waals surface area contributed by atoms with E-state index in [4.69, 9.17) is 0 Å². The van der Waals surface area contributed by atoms with E-state index in [1.807, 2.05) is 60.7 Å². The van der Waals surface area contributed by atoms with Gasteiger partial charge in [-0.05, 0) is 30.3 Å². The predicted molar refractivity (Wildman–Crippen MR) is 114 cm³/mol. The lowest BCUT2D eigenvalue weighted by molar-refractivity contribution is -0.384. The topological polar surface area (TPSA) is 117 Å². The molecule has 0 fully saturated rings. The van der Waals surface area contributed by atoms with Gasteiger partial charge in [0.25, 0.3) is 5.69 Å². The van der Waals surface area contributed by atoms with Gasteiger partial charge >= 0.3 is 0 Å². The smallest absolute Gasteiger partial charge is 0.271 e. The predicted octanol–water partition coefficient (Wildman–Crippen LogP) is 4.42. The Morgan fingerprint density at radius 1 is 0.655 bits per heavy atom. The normalized spacial score (nSPS) is 10.3. The number of para-hydroxylation sites is 2. The number of hydrogen-bond donors (Lipinski definition) is 4. The Hall–Kier alpha value is -4.40. The number of anilines is 4. The van der Waals surface area contributed by atoms with Gasteiger partial charge in [-0.15, -0.1) is 0 Å². The molecule has 0 atom stereocenters. The Labute approximate surface area is 165 Å². The molecule has 0 aliphatic carbocycles. The summed E-state index contributed by atoms with van der Waals surface area (Å²) >= 11 is 0. The van der Waals surface area contributed by atoms with Crippen molar-refractivity contribution in [1.29, 1.82) is 0 Å². The summed E-state index contributed by atoms with van der Waals surface area (Å²) in [6.45, 7) is 0. The number of hydrazine groups is 2. The zero-order valence-electron chi connectivity index (χ0n) is 15.2. The summed E-state index contributed by atoms with van der Waals surface area (Å²) in [7, 11) is 0. The van der Waals surface area contributed by atoms with Crippen LogP contribution in [-0.4, -0.2) is 14.9 Å². The molecule has 9 nitrogen and oxygen atoms in total. The molecule has 4 aromatic rings. The van der Waals surface area contributed by atoms with Crippen molar-refractivity contribution in [2.45, 2.75) is 0 Å². The minimum absolute atomic E-state index is 0.0445. The molecule has 1 aromatic heterocycles. The number of nitro groups is 1. The molecule has 9 heteroatoms. The molecule has 29 heavy (non-hydrogen) atoms. The molecule has 0 bridgehead atoms. The molecule has 144 valence electrons. The summed E-state index contributed by atoms with van der Waals surface area (Å²) in [5, 5.41) is 11.1. The third-order valence-electron chi connectivity index (χ3n) is 4.06. The maximum Gasteiger partial charge on any atom is 0.271 e.